The average Bonchev–Trinajstić information content (AvgIpc) is 2.85. The summed E-state index contributed by atoms with van der Waals surface area (Å²) in [6, 6.07) is 8.47. The van der Waals surface area contributed by atoms with Crippen LogP contribution in [0.5, 0.6) is 5.88 Å². The molecule has 0 saturated carbocycles. The smallest absolute Gasteiger partial charge is 0.251 e. The number of nitrogens with zero attached hydrogens (tertiary/aromatic N) is 2. The summed E-state index contributed by atoms with van der Waals surface area (Å²) in [5.41, 5.74) is 2.21. The van der Waals surface area contributed by atoms with Crippen LogP contribution in [0.3, 0.4) is 0 Å². The average molecular weight is 252 g/mol. The molecular weight excluding hydrogens is 244 g/mol. The van der Waals surface area contributed by atoms with Gasteiger partial charge in [0.1, 0.15) is 11.6 Å². The number of benzene rings is 1. The first kappa shape index (κ1) is 11.0. The van der Waals surface area contributed by atoms with Gasteiger partial charge in [-0.05, 0) is 17.7 Å². The lowest BCUT2D eigenvalue weighted by Gasteiger charge is -2.05. The highest BCUT2D eigenvalue weighted by Crippen LogP contribution is 2.28. The summed E-state index contributed by atoms with van der Waals surface area (Å²) in [4.78, 5) is 20.7. The van der Waals surface area contributed by atoms with Crippen LogP contribution in [0.4, 0.5) is 0 Å². The molecule has 0 aliphatic rings. The predicted octanol–water partition coefficient (Wildman–Crippen LogP) is 1.50. The monoisotopic (exact) mass is 252 g/mol. The van der Waals surface area contributed by atoms with Gasteiger partial charge in [-0.25, -0.2) is 4.98 Å². The summed E-state index contributed by atoms with van der Waals surface area (Å²) in [6.07, 6.45) is 1.56. The van der Waals surface area contributed by atoms with Crippen LogP contribution in [0.25, 0.3) is 22.2 Å². The van der Waals surface area contributed by atoms with Gasteiger partial charge in [-0.1, -0.05) is 6.07 Å². The molecule has 6 heteroatoms. The first-order valence-electron chi connectivity index (χ1n) is 5.49. The Balaban J connectivity index is 2.31. The van der Waals surface area contributed by atoms with Crippen molar-refractivity contribution in [2.75, 3.05) is 0 Å². The fraction of sp³-hybridized carbons (Fsp3) is 0. The summed E-state index contributed by atoms with van der Waals surface area (Å²) < 4.78 is 0. The zero-order chi connectivity index (χ0) is 13.4. The van der Waals surface area contributed by atoms with Gasteiger partial charge in [0.2, 0.25) is 5.88 Å². The van der Waals surface area contributed by atoms with Gasteiger partial charge in [0.15, 0.2) is 0 Å². The lowest BCUT2D eigenvalue weighted by Crippen LogP contribution is -2.06. The van der Waals surface area contributed by atoms with Crippen molar-refractivity contribution in [3.05, 3.63) is 46.5 Å². The molecule has 92 valence electrons. The molecule has 0 bridgehead atoms. The molecule has 2 heterocycles. The van der Waals surface area contributed by atoms with Crippen LogP contribution in [-0.2, 0) is 0 Å². The Kier molecular flexibility index (Phi) is 2.32. The van der Waals surface area contributed by atoms with E-state index >= 15 is 0 Å². The van der Waals surface area contributed by atoms with Crippen LogP contribution in [0.2, 0.25) is 0 Å². The van der Waals surface area contributed by atoms with Crippen molar-refractivity contribution in [3.63, 3.8) is 0 Å². The fourth-order valence-electron chi connectivity index (χ4n) is 1.99. The van der Waals surface area contributed by atoms with E-state index in [1.54, 1.807) is 24.5 Å². The molecule has 0 saturated heterocycles. The molecule has 0 unspecified atom stereocenters. The Morgan fingerprint density at radius 2 is 2.16 bits per heavy atom. The second-order valence-electron chi connectivity index (χ2n) is 4.02. The molecule has 0 spiro atoms. The Hall–Kier alpha value is -3.07. The van der Waals surface area contributed by atoms with Gasteiger partial charge in [-0.2, -0.15) is 5.26 Å². The predicted molar refractivity (Wildman–Crippen MR) is 68.5 cm³/mol. The molecule has 0 fully saturated rings. The number of imidazole rings is 1. The molecule has 0 aliphatic carbocycles. The Labute approximate surface area is 107 Å². The molecule has 6 nitrogen and oxygen atoms in total. The molecule has 0 atom stereocenters. The van der Waals surface area contributed by atoms with Crippen LogP contribution in [0.1, 0.15) is 5.56 Å². The largest absolute Gasteiger partial charge is 0.494 e. The van der Waals surface area contributed by atoms with E-state index in [1.807, 2.05) is 6.07 Å². The van der Waals surface area contributed by atoms with Crippen molar-refractivity contribution in [1.82, 2.24) is 15.0 Å². The van der Waals surface area contributed by atoms with E-state index in [9.17, 15) is 9.90 Å². The van der Waals surface area contributed by atoms with E-state index in [1.165, 1.54) is 6.07 Å². The van der Waals surface area contributed by atoms with Crippen molar-refractivity contribution in [2.24, 2.45) is 0 Å². The van der Waals surface area contributed by atoms with Crippen molar-refractivity contribution in [2.45, 2.75) is 0 Å². The third-order valence-corrected chi connectivity index (χ3v) is 2.87. The third kappa shape index (κ3) is 1.73. The second kappa shape index (κ2) is 3.99. The van der Waals surface area contributed by atoms with Gasteiger partial charge >= 0.3 is 0 Å². The number of fused-ring (bicyclic) bond motifs is 1. The van der Waals surface area contributed by atoms with E-state index in [-0.39, 0.29) is 5.56 Å². The van der Waals surface area contributed by atoms with Gasteiger partial charge in [0.25, 0.3) is 5.56 Å². The highest BCUT2D eigenvalue weighted by atomic mass is 16.3. The number of rotatable bonds is 1. The summed E-state index contributed by atoms with van der Waals surface area (Å²) >= 11 is 0. The highest BCUT2D eigenvalue weighted by Gasteiger charge is 2.12. The van der Waals surface area contributed by atoms with E-state index in [4.69, 9.17) is 5.26 Å². The quantitative estimate of drug-likeness (QED) is 0.610. The SMILES string of the molecule is N#Cc1c(-c2ccc3nc[nH]c3c2)cc(=O)[nH]c1O. The van der Waals surface area contributed by atoms with E-state index in [0.29, 0.717) is 11.1 Å². The minimum atomic E-state index is -0.462. The molecule has 19 heavy (non-hydrogen) atoms. The Morgan fingerprint density at radius 3 is 2.95 bits per heavy atom. The van der Waals surface area contributed by atoms with Gasteiger partial charge in [-0.3, -0.25) is 9.78 Å². The number of aromatic nitrogens is 3. The van der Waals surface area contributed by atoms with E-state index < -0.39 is 11.4 Å². The topological polar surface area (TPSA) is 106 Å². The Bertz CT molecular complexity index is 870. The maximum atomic E-state index is 11.4. The second-order valence-corrected chi connectivity index (χ2v) is 4.02. The maximum Gasteiger partial charge on any atom is 0.251 e. The lowest BCUT2D eigenvalue weighted by molar-refractivity contribution is 0.450. The van der Waals surface area contributed by atoms with Gasteiger partial charge in [-0.15, -0.1) is 0 Å². The van der Waals surface area contributed by atoms with Gasteiger partial charge in [0, 0.05) is 11.6 Å². The number of nitriles is 1. The molecular formula is C13H8N4O2. The van der Waals surface area contributed by atoms with Crippen LogP contribution in [0.15, 0.2) is 35.4 Å². The molecule has 1 aromatic carbocycles. The van der Waals surface area contributed by atoms with E-state index in [0.717, 1.165) is 11.0 Å². The van der Waals surface area contributed by atoms with Crippen molar-refractivity contribution >= 4 is 11.0 Å². The summed E-state index contributed by atoms with van der Waals surface area (Å²) in [5, 5.41) is 18.7. The summed E-state index contributed by atoms with van der Waals surface area (Å²) in [6.45, 7) is 0. The molecule has 3 aromatic rings. The maximum absolute atomic E-state index is 11.4. The first-order valence-corrected chi connectivity index (χ1v) is 5.49. The number of H-pyrrole nitrogens is 2. The molecule has 0 amide bonds. The zero-order valence-electron chi connectivity index (χ0n) is 9.64. The van der Waals surface area contributed by atoms with Crippen molar-refractivity contribution in [1.29, 1.82) is 5.26 Å². The molecule has 3 rings (SSSR count). The van der Waals surface area contributed by atoms with Crippen molar-refractivity contribution in [3.8, 4) is 23.1 Å². The normalized spacial score (nSPS) is 10.5. The number of hydrogen-bond acceptors (Lipinski definition) is 4. The number of aromatic hydroxyl groups is 1. The summed E-state index contributed by atoms with van der Waals surface area (Å²) in [5.74, 6) is -0.422. The molecule has 0 aliphatic heterocycles. The Morgan fingerprint density at radius 1 is 1.32 bits per heavy atom. The number of nitrogens with one attached hydrogen (secondary N) is 2. The molecule has 2 aromatic heterocycles. The lowest BCUT2D eigenvalue weighted by atomic mass is 10.0. The van der Waals surface area contributed by atoms with Crippen LogP contribution >= 0.6 is 0 Å². The van der Waals surface area contributed by atoms with Crippen LogP contribution < -0.4 is 5.56 Å². The first-order chi connectivity index (χ1) is 9.19. The van der Waals surface area contributed by atoms with Crippen LogP contribution in [-0.4, -0.2) is 20.1 Å². The molecule has 0 radical (unpaired) electrons. The van der Waals surface area contributed by atoms with Crippen LogP contribution in [0, 0.1) is 11.3 Å². The zero-order valence-corrected chi connectivity index (χ0v) is 9.64. The molecule has 3 N–H and O–H groups in total. The summed E-state index contributed by atoms with van der Waals surface area (Å²) in [7, 11) is 0. The fourth-order valence-corrected chi connectivity index (χ4v) is 1.99. The number of hydrogen-bond donors (Lipinski definition) is 3. The van der Waals surface area contributed by atoms with Crippen molar-refractivity contribution < 1.29 is 5.11 Å². The minimum absolute atomic E-state index is 0.0402. The minimum Gasteiger partial charge on any atom is -0.494 e. The van der Waals surface area contributed by atoms with Gasteiger partial charge < -0.3 is 10.1 Å². The van der Waals surface area contributed by atoms with E-state index in [2.05, 4.69) is 15.0 Å². The standard InChI is InChI=1S/C13H8N4O2/c14-5-9-8(4-12(18)17-13(9)19)7-1-2-10-11(3-7)16-6-15-10/h1-4,6H,(H,15,16)(H2,17,18,19). The number of pyridine rings is 1. The third-order valence-electron chi connectivity index (χ3n) is 2.87. The van der Waals surface area contributed by atoms with Gasteiger partial charge in [0.05, 0.1) is 17.4 Å². The highest BCUT2D eigenvalue weighted by molar-refractivity contribution is 5.83. The number of aromatic amines is 2.